The summed E-state index contributed by atoms with van der Waals surface area (Å²) < 4.78 is 175. The number of carbonyl (C=O) groups is 3. The van der Waals surface area contributed by atoms with Gasteiger partial charge in [-0.15, -0.1) is 0 Å². The molecule has 0 spiro atoms. The van der Waals surface area contributed by atoms with Crippen molar-refractivity contribution in [2.45, 2.75) is 204 Å². The van der Waals surface area contributed by atoms with Crippen LogP contribution in [0.2, 0.25) is 0 Å². The van der Waals surface area contributed by atoms with Gasteiger partial charge < -0.3 is 158 Å². The summed E-state index contributed by atoms with van der Waals surface area (Å²) in [6.45, 7) is 17.0. The molecule has 6 fully saturated rings. The van der Waals surface area contributed by atoms with E-state index in [1.807, 2.05) is 20.8 Å². The predicted octanol–water partition coefficient (Wildman–Crippen LogP) is -0.356. The first kappa shape index (κ1) is 93.8. The Morgan fingerprint density at radius 1 is 0.267 bits per heavy atom. The predicted molar refractivity (Wildman–Crippen MR) is 369 cm³/mol. The van der Waals surface area contributed by atoms with Crippen molar-refractivity contribution in [1.29, 1.82) is 0 Å². The minimum atomic E-state index is -0.885. The van der Waals surface area contributed by atoms with E-state index < -0.39 is 147 Å². The monoisotopic (exact) mass is 1520 g/mol. The summed E-state index contributed by atoms with van der Waals surface area (Å²) in [6, 6.07) is 0. The second-order valence-electron chi connectivity index (χ2n) is 24.7. The number of amides is 3. The Morgan fingerprint density at radius 3 is 0.638 bits per heavy atom. The molecule has 0 bridgehead atoms. The summed E-state index contributed by atoms with van der Waals surface area (Å²) in [5, 5.41) is 7.66. The van der Waals surface area contributed by atoms with E-state index in [-0.39, 0.29) is 114 Å². The first-order chi connectivity index (χ1) is 50.7. The van der Waals surface area contributed by atoms with E-state index in [4.69, 9.17) is 142 Å². The fourth-order valence-corrected chi connectivity index (χ4v) is 13.8. The van der Waals surface area contributed by atoms with Gasteiger partial charge >= 0.3 is 0 Å². The molecule has 612 valence electrons. The normalized spacial score (nSPS) is 37.7. The van der Waals surface area contributed by atoms with Gasteiger partial charge in [-0.2, -0.15) is 0 Å². The summed E-state index contributed by atoms with van der Waals surface area (Å²) in [6.07, 6.45) is -12.4. The maximum absolute atomic E-state index is 11.4. The van der Waals surface area contributed by atoms with Gasteiger partial charge in [0, 0.05) is 128 Å². The van der Waals surface area contributed by atoms with Crippen molar-refractivity contribution in [3.63, 3.8) is 0 Å². The molecule has 36 heteroatoms. The summed E-state index contributed by atoms with van der Waals surface area (Å²) >= 11 is 0. The number of ether oxygens (including phenoxy) is 30. The molecule has 6 heterocycles. The highest BCUT2D eigenvalue weighted by atomic mass is 16.8. The van der Waals surface area contributed by atoms with Crippen LogP contribution in [-0.2, 0) is 156 Å². The Labute approximate surface area is 618 Å². The molecule has 6 saturated heterocycles. The van der Waals surface area contributed by atoms with Gasteiger partial charge in [-0.25, -0.2) is 0 Å². The third-order valence-corrected chi connectivity index (χ3v) is 18.8. The Hall–Kier alpha value is -3.57. The Kier molecular flexibility index (Phi) is 45.0. The van der Waals surface area contributed by atoms with Crippen molar-refractivity contribution < 1.29 is 156 Å². The topological polar surface area (TPSA) is 364 Å². The minimum absolute atomic E-state index is 0.0242. The molecular weight excluding hydrogens is 1400 g/mol. The van der Waals surface area contributed by atoms with Crippen LogP contribution in [-0.4, -0.2) is 389 Å². The molecule has 0 saturated carbocycles. The van der Waals surface area contributed by atoms with E-state index in [0.29, 0.717) is 0 Å². The molecule has 6 aliphatic heterocycles. The number of nitrogens with one attached hydrogen (secondary N) is 3. The van der Waals surface area contributed by atoms with Gasteiger partial charge in [0.1, 0.15) is 167 Å². The van der Waals surface area contributed by atoms with E-state index in [1.54, 1.807) is 128 Å². The molecule has 0 aromatic rings. The maximum Gasteiger partial charge on any atom is 0.245 e. The molecule has 30 atom stereocenters. The SMILES string of the molecule is C=CC(=O)NCOCC1OC(OC2C(COC)OC(C)C(OC)C2OC)C(OC)C(OC)C1OC.C=CC(=O)NCOCC1OC(OC2C(COC)OC(C)C(OC)C2OC)C(OC)C(OC)C1OC.C=CC(=O)NCOCC1OC(OC2C(COC)OC(C)C(OC)C2OC)C(OC)C(OC)C1OC. The lowest BCUT2D eigenvalue weighted by Crippen LogP contribution is -2.65. The largest absolute Gasteiger partial charge is 0.382 e. The van der Waals surface area contributed by atoms with Crippen molar-refractivity contribution in [1.82, 2.24) is 16.0 Å². The highest BCUT2D eigenvalue weighted by Gasteiger charge is 2.57. The Bertz CT molecular complexity index is 2170. The molecule has 36 nitrogen and oxygen atoms in total. The fourth-order valence-electron chi connectivity index (χ4n) is 13.8. The minimum Gasteiger partial charge on any atom is -0.382 e. The lowest BCUT2D eigenvalue weighted by molar-refractivity contribution is -0.351. The van der Waals surface area contributed by atoms with Crippen molar-refractivity contribution in [3.8, 4) is 0 Å². The number of methoxy groups -OCH3 is 18. The van der Waals surface area contributed by atoms with Crippen LogP contribution in [0.4, 0.5) is 0 Å². The van der Waals surface area contributed by atoms with E-state index >= 15 is 0 Å². The van der Waals surface area contributed by atoms with E-state index in [0.717, 1.165) is 18.2 Å². The number of hydrogen-bond acceptors (Lipinski definition) is 33. The molecule has 0 aromatic carbocycles. The average molecular weight is 1520 g/mol. The molecule has 30 unspecified atom stereocenters. The van der Waals surface area contributed by atoms with Crippen LogP contribution in [0.1, 0.15) is 20.8 Å². The Morgan fingerprint density at radius 2 is 0.457 bits per heavy atom. The van der Waals surface area contributed by atoms with Gasteiger partial charge in [0.05, 0.1) is 58.0 Å². The molecule has 0 aromatic heterocycles. The zero-order valence-electron chi connectivity index (χ0n) is 65.0. The average Bonchev–Trinajstić information content (AvgIpc) is 0.786. The van der Waals surface area contributed by atoms with Crippen LogP contribution in [0.25, 0.3) is 0 Å². The number of carbonyl (C=O) groups excluding carboxylic acids is 3. The van der Waals surface area contributed by atoms with Gasteiger partial charge in [-0.05, 0) is 39.0 Å². The molecule has 0 aliphatic carbocycles. The maximum atomic E-state index is 11.4. The summed E-state index contributed by atoms with van der Waals surface area (Å²) in [5.74, 6) is -1.04. The van der Waals surface area contributed by atoms with Crippen LogP contribution < -0.4 is 16.0 Å². The number of rotatable bonds is 42. The van der Waals surface area contributed by atoms with Crippen molar-refractivity contribution in [3.05, 3.63) is 38.0 Å². The fraction of sp³-hybridized carbons (Fsp3) is 0.870. The first-order valence-corrected chi connectivity index (χ1v) is 34.4. The van der Waals surface area contributed by atoms with Crippen LogP contribution in [0.5, 0.6) is 0 Å². The highest BCUT2D eigenvalue weighted by Crippen LogP contribution is 2.38. The summed E-state index contributed by atoms with van der Waals surface area (Å²) in [7, 11) is 28.3. The van der Waals surface area contributed by atoms with Gasteiger partial charge in [0.2, 0.25) is 17.7 Å². The molecular formula is C69H123N3O33. The molecule has 6 rings (SSSR count). The van der Waals surface area contributed by atoms with Crippen LogP contribution in [0.15, 0.2) is 38.0 Å². The molecule has 3 amide bonds. The summed E-state index contributed by atoms with van der Waals surface area (Å²) in [5.41, 5.74) is 0. The smallest absolute Gasteiger partial charge is 0.245 e. The van der Waals surface area contributed by atoms with Crippen LogP contribution >= 0.6 is 0 Å². The molecule has 3 N–H and O–H groups in total. The zero-order valence-corrected chi connectivity index (χ0v) is 65.0. The molecule has 0 radical (unpaired) electrons. The molecule has 6 aliphatic rings. The van der Waals surface area contributed by atoms with Crippen LogP contribution in [0, 0.1) is 0 Å². The first-order valence-electron chi connectivity index (χ1n) is 34.4. The van der Waals surface area contributed by atoms with Crippen molar-refractivity contribution in [2.24, 2.45) is 0 Å². The molecule has 105 heavy (non-hydrogen) atoms. The lowest BCUT2D eigenvalue weighted by atomic mass is 9.94. The second-order valence-corrected chi connectivity index (χ2v) is 24.7. The van der Waals surface area contributed by atoms with Crippen LogP contribution in [0.3, 0.4) is 0 Å². The number of hydrogen-bond donors (Lipinski definition) is 3. The van der Waals surface area contributed by atoms with Gasteiger partial charge in [0.25, 0.3) is 0 Å². The standard InChI is InChI=1S/3C23H41NO11/c3*1-9-16(25)24-12-32-11-15-18(28-5)21(30-7)22(31-8)23(34-15)35-19-14(10-26-3)33-13(2)17(27-4)20(19)29-6/h3*9,13-15,17-23H,1,10-12H2,2-8H3,(H,24,25). The summed E-state index contributed by atoms with van der Waals surface area (Å²) in [4.78, 5) is 34.2. The third kappa shape index (κ3) is 25.7. The van der Waals surface area contributed by atoms with Crippen molar-refractivity contribution in [2.75, 3.05) is 188 Å². The second kappa shape index (κ2) is 50.3. The highest BCUT2D eigenvalue weighted by molar-refractivity contribution is 5.87. The van der Waals surface area contributed by atoms with E-state index in [9.17, 15) is 14.4 Å². The van der Waals surface area contributed by atoms with E-state index in [1.165, 1.54) is 0 Å². The van der Waals surface area contributed by atoms with Crippen molar-refractivity contribution >= 4 is 17.7 Å². The van der Waals surface area contributed by atoms with Gasteiger partial charge in [-0.3, -0.25) is 14.4 Å². The van der Waals surface area contributed by atoms with E-state index in [2.05, 4.69) is 35.7 Å². The van der Waals surface area contributed by atoms with Gasteiger partial charge in [-0.1, -0.05) is 19.7 Å². The van der Waals surface area contributed by atoms with Gasteiger partial charge in [0.15, 0.2) is 18.9 Å². The lowest BCUT2D eigenvalue weighted by Gasteiger charge is -2.49. The Balaban J connectivity index is 0.000000333. The zero-order chi connectivity index (χ0) is 77.9. The quantitative estimate of drug-likeness (QED) is 0.0399. The third-order valence-electron chi connectivity index (χ3n) is 18.8.